The van der Waals surface area contributed by atoms with Crippen LogP contribution in [0.3, 0.4) is 0 Å². The predicted molar refractivity (Wildman–Crippen MR) is 222 cm³/mol. The molecule has 2 aromatic heterocycles. The van der Waals surface area contributed by atoms with E-state index >= 15 is 0 Å². The molecule has 2 aliphatic rings. The lowest BCUT2D eigenvalue weighted by Crippen LogP contribution is -2.24. The summed E-state index contributed by atoms with van der Waals surface area (Å²) in [7, 11) is 4.26. The van der Waals surface area contributed by atoms with Crippen LogP contribution in [0, 0.1) is 0 Å². The normalized spacial score (nSPS) is 14.0. The van der Waals surface area contributed by atoms with Crippen LogP contribution in [0.2, 0.25) is 0 Å². The van der Waals surface area contributed by atoms with Crippen LogP contribution >= 0.6 is 0 Å². The topological polar surface area (TPSA) is 57.2 Å². The average molecular weight is 717 g/mol. The zero-order valence-electron chi connectivity index (χ0n) is 32.5. The molecule has 0 N–H and O–H groups in total. The lowest BCUT2D eigenvalue weighted by Gasteiger charge is -2.25. The van der Waals surface area contributed by atoms with Crippen molar-refractivity contribution in [3.63, 3.8) is 0 Å². The molecule has 274 valence electrons. The van der Waals surface area contributed by atoms with Crippen molar-refractivity contribution in [3.05, 3.63) is 133 Å². The first-order valence-corrected chi connectivity index (χ1v) is 18.5. The van der Waals surface area contributed by atoms with E-state index in [1.165, 1.54) is 33.9 Å². The van der Waals surface area contributed by atoms with Gasteiger partial charge in [-0.25, -0.2) is 0 Å². The van der Waals surface area contributed by atoms with E-state index in [2.05, 4.69) is 170 Å². The van der Waals surface area contributed by atoms with E-state index in [1.54, 1.807) is 12.4 Å². The van der Waals surface area contributed by atoms with Crippen molar-refractivity contribution >= 4 is 34.1 Å². The summed E-state index contributed by atoms with van der Waals surface area (Å²) in [5.41, 5.74) is 10.6. The summed E-state index contributed by atoms with van der Waals surface area (Å²) in [6.45, 7) is 14.9. The van der Waals surface area contributed by atoms with Gasteiger partial charge in [0.2, 0.25) is 0 Å². The molecule has 8 nitrogen and oxygen atoms in total. The molecule has 0 fully saturated rings. The Morgan fingerprint density at radius 1 is 0.463 bits per heavy atom. The maximum atomic E-state index is 6.61. The Balaban J connectivity index is 1.07. The largest absolute Gasteiger partial charge is 0.457 e. The molecule has 0 radical (unpaired) electrons. The van der Waals surface area contributed by atoms with Gasteiger partial charge in [0, 0.05) is 62.1 Å². The van der Waals surface area contributed by atoms with Gasteiger partial charge in [-0.2, -0.15) is 0 Å². The molecule has 0 unspecified atom stereocenters. The summed E-state index contributed by atoms with van der Waals surface area (Å²) in [6, 6.07) is 37.8. The second-order valence-corrected chi connectivity index (χ2v) is 16.4. The highest BCUT2D eigenvalue weighted by molar-refractivity contribution is 5.84. The van der Waals surface area contributed by atoms with Crippen molar-refractivity contribution in [1.82, 2.24) is 9.97 Å². The standard InChI is InChI=1S/C46H48N6O2/c1-45(2,3)31-21-33(51-29-49(7)41-13-9-11-15-43(41)51)25-37(23-31)53-35-17-19-47-39(27-35)40-28-36(18-20-48-40)54-38-24-32(46(4,5)6)22-34(26-38)52-30-50(8)42-14-10-12-16-44(42)52/h9-28H,29-30H2,1-8H3. The number of nitrogens with zero attached hydrogens (tertiary/aromatic N) is 6. The quantitative estimate of drug-likeness (QED) is 0.162. The number of fused-ring (bicyclic) bond motifs is 2. The molecule has 4 heterocycles. The van der Waals surface area contributed by atoms with E-state index in [1.807, 2.05) is 24.3 Å². The zero-order chi connectivity index (χ0) is 37.8. The van der Waals surface area contributed by atoms with E-state index in [9.17, 15) is 0 Å². The second-order valence-electron chi connectivity index (χ2n) is 16.4. The third-order valence-corrected chi connectivity index (χ3v) is 10.2. The first-order valence-electron chi connectivity index (χ1n) is 18.5. The fraction of sp³-hybridized carbons (Fsp3) is 0.261. The number of rotatable bonds is 7. The van der Waals surface area contributed by atoms with Crippen LogP contribution in [0.25, 0.3) is 11.4 Å². The molecule has 6 aromatic rings. The van der Waals surface area contributed by atoms with Gasteiger partial charge in [-0.15, -0.1) is 0 Å². The van der Waals surface area contributed by atoms with Gasteiger partial charge in [0.1, 0.15) is 23.0 Å². The third-order valence-electron chi connectivity index (χ3n) is 10.2. The SMILES string of the molecule is CN1CN(c2cc(Oc3ccnc(-c4cc(Oc5cc(N6CN(C)c7ccccc76)cc(C(C)(C)C)c5)ccn4)c3)cc(C(C)(C)C)c2)c2ccccc21. The van der Waals surface area contributed by atoms with Crippen LogP contribution < -0.4 is 29.1 Å². The number of benzene rings is 4. The Labute approximate surface area is 319 Å². The summed E-state index contributed by atoms with van der Waals surface area (Å²) in [6.07, 6.45) is 3.54. The van der Waals surface area contributed by atoms with Gasteiger partial charge < -0.3 is 29.1 Å². The molecule has 8 heteroatoms. The Hall–Kier alpha value is -6.02. The summed E-state index contributed by atoms with van der Waals surface area (Å²) in [4.78, 5) is 18.6. The molecule has 0 spiro atoms. The van der Waals surface area contributed by atoms with Gasteiger partial charge in [-0.1, -0.05) is 65.8 Å². The molecule has 4 aromatic carbocycles. The number of hydrogen-bond acceptors (Lipinski definition) is 8. The first-order chi connectivity index (χ1) is 25.8. The second kappa shape index (κ2) is 13.4. The lowest BCUT2D eigenvalue weighted by molar-refractivity contribution is 0.477. The van der Waals surface area contributed by atoms with Crippen molar-refractivity contribution in [2.75, 3.05) is 47.0 Å². The van der Waals surface area contributed by atoms with Gasteiger partial charge in [0.25, 0.3) is 0 Å². The van der Waals surface area contributed by atoms with E-state index < -0.39 is 0 Å². The number of anilines is 6. The molecule has 8 rings (SSSR count). The molecule has 0 aliphatic carbocycles. The van der Waals surface area contributed by atoms with E-state index in [0.29, 0.717) is 22.9 Å². The van der Waals surface area contributed by atoms with Crippen molar-refractivity contribution < 1.29 is 9.47 Å². The molecule has 0 saturated carbocycles. The lowest BCUT2D eigenvalue weighted by atomic mass is 9.86. The molecule has 2 aliphatic heterocycles. The zero-order valence-corrected chi connectivity index (χ0v) is 32.5. The molecule has 0 bridgehead atoms. The Bertz CT molecular complexity index is 2180. The maximum absolute atomic E-state index is 6.61. The summed E-state index contributed by atoms with van der Waals surface area (Å²) in [5, 5.41) is 0. The molecular weight excluding hydrogens is 669 g/mol. The number of pyridine rings is 2. The monoisotopic (exact) mass is 716 g/mol. The minimum Gasteiger partial charge on any atom is -0.457 e. The number of ether oxygens (including phenoxy) is 2. The van der Waals surface area contributed by atoms with Gasteiger partial charge >= 0.3 is 0 Å². The predicted octanol–water partition coefficient (Wildman–Crippen LogP) is 11.4. The van der Waals surface area contributed by atoms with Crippen LogP contribution in [0.4, 0.5) is 34.1 Å². The van der Waals surface area contributed by atoms with Crippen LogP contribution in [-0.2, 0) is 10.8 Å². The maximum Gasteiger partial charge on any atom is 0.131 e. The van der Waals surface area contributed by atoms with Crippen molar-refractivity contribution in [3.8, 4) is 34.4 Å². The highest BCUT2D eigenvalue weighted by atomic mass is 16.5. The van der Waals surface area contributed by atoms with Crippen LogP contribution in [0.5, 0.6) is 23.0 Å². The highest BCUT2D eigenvalue weighted by Crippen LogP contribution is 2.44. The Kier molecular flexibility index (Phi) is 8.72. The third kappa shape index (κ3) is 6.92. The Morgan fingerprint density at radius 2 is 0.852 bits per heavy atom. The van der Waals surface area contributed by atoms with Gasteiger partial charge in [0.15, 0.2) is 0 Å². The van der Waals surface area contributed by atoms with Crippen LogP contribution in [0.15, 0.2) is 122 Å². The minimum atomic E-state index is -0.0739. The molecular formula is C46H48N6O2. The van der Waals surface area contributed by atoms with E-state index in [-0.39, 0.29) is 10.8 Å². The summed E-state index contributed by atoms with van der Waals surface area (Å²) >= 11 is 0. The van der Waals surface area contributed by atoms with Crippen LogP contribution in [0.1, 0.15) is 52.7 Å². The van der Waals surface area contributed by atoms with Gasteiger partial charge in [-0.05, 0) is 82.6 Å². The number of aromatic nitrogens is 2. The van der Waals surface area contributed by atoms with Gasteiger partial charge in [-0.3, -0.25) is 9.97 Å². The highest BCUT2D eigenvalue weighted by Gasteiger charge is 2.28. The van der Waals surface area contributed by atoms with Crippen molar-refractivity contribution in [2.45, 2.75) is 52.4 Å². The first kappa shape index (κ1) is 35.0. The molecule has 0 saturated heterocycles. The number of hydrogen-bond donors (Lipinski definition) is 0. The average Bonchev–Trinajstić information content (AvgIpc) is 3.67. The smallest absolute Gasteiger partial charge is 0.131 e. The van der Waals surface area contributed by atoms with Crippen LogP contribution in [-0.4, -0.2) is 37.4 Å². The fourth-order valence-electron chi connectivity index (χ4n) is 7.16. The van der Waals surface area contributed by atoms with Crippen molar-refractivity contribution in [1.29, 1.82) is 0 Å². The molecule has 0 atom stereocenters. The van der Waals surface area contributed by atoms with Crippen molar-refractivity contribution in [2.24, 2.45) is 0 Å². The molecule has 0 amide bonds. The number of para-hydroxylation sites is 4. The molecule has 54 heavy (non-hydrogen) atoms. The van der Waals surface area contributed by atoms with E-state index in [0.717, 1.165) is 36.2 Å². The fourth-order valence-corrected chi connectivity index (χ4v) is 7.16. The summed E-state index contributed by atoms with van der Waals surface area (Å²) in [5.74, 6) is 2.91. The van der Waals surface area contributed by atoms with E-state index in [4.69, 9.17) is 9.47 Å². The Morgan fingerprint density at radius 3 is 1.24 bits per heavy atom. The summed E-state index contributed by atoms with van der Waals surface area (Å²) < 4.78 is 13.2. The van der Waals surface area contributed by atoms with Gasteiger partial charge in [0.05, 0.1) is 47.5 Å². The minimum absolute atomic E-state index is 0.0739.